The van der Waals surface area contributed by atoms with Crippen LogP contribution in [0.1, 0.15) is 31.7 Å². The molecule has 1 aromatic carbocycles. The summed E-state index contributed by atoms with van der Waals surface area (Å²) in [4.78, 5) is 12.9. The lowest BCUT2D eigenvalue weighted by Crippen LogP contribution is -2.20. The zero-order valence-corrected chi connectivity index (χ0v) is 12.8. The molecule has 2 N–H and O–H groups in total. The lowest BCUT2D eigenvalue weighted by Gasteiger charge is -2.19. The fraction of sp³-hybridized carbons (Fsp3) is 0.600. The number of hydrogen-bond donors (Lipinski definition) is 2. The van der Waals surface area contributed by atoms with Gasteiger partial charge >= 0.3 is 0 Å². The molecule has 6 heteroatoms. The van der Waals surface area contributed by atoms with E-state index in [0.29, 0.717) is 18.8 Å². The van der Waals surface area contributed by atoms with E-state index in [-0.39, 0.29) is 17.2 Å². The van der Waals surface area contributed by atoms with E-state index in [0.717, 1.165) is 31.4 Å². The van der Waals surface area contributed by atoms with Gasteiger partial charge in [-0.3, -0.25) is 10.1 Å². The van der Waals surface area contributed by atoms with Crippen molar-refractivity contribution >= 4 is 11.4 Å². The topological polar surface area (TPSA) is 78.6 Å². The van der Waals surface area contributed by atoms with Gasteiger partial charge in [0.15, 0.2) is 0 Å². The van der Waals surface area contributed by atoms with Crippen LogP contribution in [0.4, 0.5) is 11.4 Å². The number of hydrogen-bond acceptors (Lipinski definition) is 5. The highest BCUT2D eigenvalue weighted by atomic mass is 16.6. The van der Waals surface area contributed by atoms with Gasteiger partial charge in [-0.1, -0.05) is 12.1 Å². The third kappa shape index (κ3) is 5.69. The number of anilines is 1. The molecule has 0 aliphatic heterocycles. The molecule has 0 aliphatic rings. The summed E-state index contributed by atoms with van der Waals surface area (Å²) in [5, 5.41) is 23.0. The molecule has 0 aliphatic carbocycles. The SMILES string of the molecule is CCNc1c(CN(C)CCCCCO)cccc1[N+](=O)[O-]. The van der Waals surface area contributed by atoms with E-state index in [2.05, 4.69) is 10.2 Å². The fourth-order valence-electron chi connectivity index (χ4n) is 2.29. The van der Waals surface area contributed by atoms with Crippen LogP contribution in [0.25, 0.3) is 0 Å². The van der Waals surface area contributed by atoms with Crippen LogP contribution in [0.3, 0.4) is 0 Å². The number of nitro benzene ring substituents is 1. The molecule has 0 heterocycles. The van der Waals surface area contributed by atoms with Gasteiger partial charge in [-0.05, 0) is 45.3 Å². The van der Waals surface area contributed by atoms with Crippen molar-refractivity contribution in [2.24, 2.45) is 0 Å². The second kappa shape index (κ2) is 9.31. The normalized spacial score (nSPS) is 10.9. The molecular formula is C15H25N3O3. The van der Waals surface area contributed by atoms with E-state index in [4.69, 9.17) is 5.11 Å². The molecule has 1 rings (SSSR count). The molecule has 0 saturated carbocycles. The number of para-hydroxylation sites is 1. The zero-order chi connectivity index (χ0) is 15.7. The zero-order valence-electron chi connectivity index (χ0n) is 12.8. The van der Waals surface area contributed by atoms with Crippen molar-refractivity contribution in [2.45, 2.75) is 32.7 Å². The first-order valence-corrected chi connectivity index (χ1v) is 7.39. The van der Waals surface area contributed by atoms with Gasteiger partial charge in [0, 0.05) is 25.8 Å². The van der Waals surface area contributed by atoms with Crippen molar-refractivity contribution in [1.29, 1.82) is 0 Å². The van der Waals surface area contributed by atoms with E-state index in [1.54, 1.807) is 6.07 Å². The molecule has 118 valence electrons. The highest BCUT2D eigenvalue weighted by Crippen LogP contribution is 2.28. The standard InChI is InChI=1S/C15H25N3O3/c1-3-16-15-13(8-7-9-14(15)18(20)21)12-17(2)10-5-4-6-11-19/h7-9,16,19H,3-6,10-12H2,1-2H3. The second-order valence-corrected chi connectivity index (χ2v) is 5.12. The van der Waals surface area contributed by atoms with Crippen molar-refractivity contribution in [3.8, 4) is 0 Å². The number of nitrogens with zero attached hydrogens (tertiary/aromatic N) is 2. The number of unbranched alkanes of at least 4 members (excludes halogenated alkanes) is 2. The summed E-state index contributed by atoms with van der Waals surface area (Å²) in [5.41, 5.74) is 1.69. The van der Waals surface area contributed by atoms with E-state index in [1.165, 1.54) is 6.07 Å². The number of benzene rings is 1. The van der Waals surface area contributed by atoms with Gasteiger partial charge in [-0.15, -0.1) is 0 Å². The number of nitrogens with one attached hydrogen (secondary N) is 1. The largest absolute Gasteiger partial charge is 0.396 e. The maximum atomic E-state index is 11.1. The highest BCUT2D eigenvalue weighted by Gasteiger charge is 2.17. The smallest absolute Gasteiger partial charge is 0.292 e. The number of nitro groups is 1. The molecule has 0 spiro atoms. The van der Waals surface area contributed by atoms with Crippen LogP contribution in [0, 0.1) is 10.1 Å². The predicted octanol–water partition coefficient (Wildman–Crippen LogP) is 2.62. The van der Waals surface area contributed by atoms with Gasteiger partial charge in [-0.2, -0.15) is 0 Å². The van der Waals surface area contributed by atoms with Crippen LogP contribution < -0.4 is 5.32 Å². The average Bonchev–Trinajstić information content (AvgIpc) is 2.45. The minimum Gasteiger partial charge on any atom is -0.396 e. The van der Waals surface area contributed by atoms with Crippen LogP contribution in [0.2, 0.25) is 0 Å². The van der Waals surface area contributed by atoms with Gasteiger partial charge in [0.2, 0.25) is 0 Å². The van der Waals surface area contributed by atoms with Crippen LogP contribution >= 0.6 is 0 Å². The summed E-state index contributed by atoms with van der Waals surface area (Å²) in [6.45, 7) is 4.40. The van der Waals surface area contributed by atoms with Crippen LogP contribution in [0.5, 0.6) is 0 Å². The molecule has 0 atom stereocenters. The van der Waals surface area contributed by atoms with Gasteiger partial charge in [0.05, 0.1) is 4.92 Å². The molecule has 0 saturated heterocycles. The molecule has 0 radical (unpaired) electrons. The Balaban J connectivity index is 2.72. The van der Waals surface area contributed by atoms with Crippen LogP contribution in [0.15, 0.2) is 18.2 Å². The maximum absolute atomic E-state index is 11.1. The number of aliphatic hydroxyl groups excluding tert-OH is 1. The van der Waals surface area contributed by atoms with Crippen molar-refractivity contribution in [1.82, 2.24) is 4.90 Å². The molecule has 0 bridgehead atoms. The minimum atomic E-state index is -0.345. The third-order valence-corrected chi connectivity index (χ3v) is 3.32. The Hall–Kier alpha value is -1.66. The van der Waals surface area contributed by atoms with E-state index >= 15 is 0 Å². The second-order valence-electron chi connectivity index (χ2n) is 5.12. The molecule has 0 amide bonds. The summed E-state index contributed by atoms with van der Waals surface area (Å²) in [5.74, 6) is 0. The Morgan fingerprint density at radius 2 is 2.10 bits per heavy atom. The molecule has 0 aromatic heterocycles. The molecule has 0 unspecified atom stereocenters. The summed E-state index contributed by atoms with van der Waals surface area (Å²) < 4.78 is 0. The van der Waals surface area contributed by atoms with Crippen LogP contribution in [-0.4, -0.2) is 41.7 Å². The van der Waals surface area contributed by atoms with Gasteiger partial charge < -0.3 is 15.3 Å². The maximum Gasteiger partial charge on any atom is 0.292 e. The highest BCUT2D eigenvalue weighted by molar-refractivity contribution is 5.66. The van der Waals surface area contributed by atoms with Crippen molar-refractivity contribution in [2.75, 3.05) is 32.1 Å². The first-order chi connectivity index (χ1) is 10.1. The fourth-order valence-corrected chi connectivity index (χ4v) is 2.29. The number of aliphatic hydroxyl groups is 1. The Labute approximate surface area is 125 Å². The summed E-state index contributed by atoms with van der Waals surface area (Å²) in [7, 11) is 2.01. The Morgan fingerprint density at radius 3 is 2.71 bits per heavy atom. The Morgan fingerprint density at radius 1 is 1.33 bits per heavy atom. The minimum absolute atomic E-state index is 0.128. The monoisotopic (exact) mass is 295 g/mol. The third-order valence-electron chi connectivity index (χ3n) is 3.32. The predicted molar refractivity (Wildman–Crippen MR) is 84.5 cm³/mol. The Bertz CT molecular complexity index is 452. The van der Waals surface area contributed by atoms with Gasteiger partial charge in [0.1, 0.15) is 5.69 Å². The summed E-state index contributed by atoms with van der Waals surface area (Å²) in [6, 6.07) is 5.19. The first-order valence-electron chi connectivity index (χ1n) is 7.39. The van der Waals surface area contributed by atoms with Crippen molar-refractivity contribution < 1.29 is 10.0 Å². The Kier molecular flexibility index (Phi) is 7.71. The molecule has 0 fully saturated rings. The average molecular weight is 295 g/mol. The van der Waals surface area contributed by atoms with Gasteiger partial charge in [0.25, 0.3) is 5.69 Å². The first kappa shape index (κ1) is 17.4. The summed E-state index contributed by atoms with van der Waals surface area (Å²) in [6.07, 6.45) is 2.84. The molecule has 6 nitrogen and oxygen atoms in total. The quantitative estimate of drug-likeness (QED) is 0.394. The van der Waals surface area contributed by atoms with Crippen LogP contribution in [-0.2, 0) is 6.54 Å². The lowest BCUT2D eigenvalue weighted by atomic mass is 10.1. The molecule has 1 aromatic rings. The lowest BCUT2D eigenvalue weighted by molar-refractivity contribution is -0.384. The molecular weight excluding hydrogens is 270 g/mol. The number of rotatable bonds is 10. The summed E-state index contributed by atoms with van der Waals surface area (Å²) >= 11 is 0. The van der Waals surface area contributed by atoms with E-state index in [1.807, 2.05) is 20.0 Å². The van der Waals surface area contributed by atoms with Gasteiger partial charge in [-0.25, -0.2) is 0 Å². The van der Waals surface area contributed by atoms with Crippen molar-refractivity contribution in [3.63, 3.8) is 0 Å². The van der Waals surface area contributed by atoms with E-state index in [9.17, 15) is 10.1 Å². The molecule has 21 heavy (non-hydrogen) atoms. The van der Waals surface area contributed by atoms with E-state index < -0.39 is 0 Å². The van der Waals surface area contributed by atoms with Crippen molar-refractivity contribution in [3.05, 3.63) is 33.9 Å².